The van der Waals surface area contributed by atoms with Gasteiger partial charge in [-0.05, 0) is 0 Å². The Bertz CT molecular complexity index is 6.00. The maximum absolute atomic E-state index is 4.83. The molecule has 1 nitrogen and oxygen atoms in total. The summed E-state index contributed by atoms with van der Waals surface area (Å²) in [6, 6.07) is 0. The fourth-order valence-electron chi connectivity index (χ4n) is 0. The van der Waals surface area contributed by atoms with Gasteiger partial charge in [0.15, 0.2) is 0 Å². The minimum absolute atomic E-state index is 0. The predicted molar refractivity (Wildman–Crippen MR) is 13.6 cm³/mol. The molecule has 0 rings (SSSR count). The molecule has 0 saturated heterocycles. The average molecular weight is 140 g/mol. The van der Waals surface area contributed by atoms with Gasteiger partial charge in [0.25, 0.3) is 0 Å². The van der Waals surface area contributed by atoms with Gasteiger partial charge in [-0.15, -0.1) is 0 Å². The fourth-order valence-corrected chi connectivity index (χ4v) is 0. The first-order valence-electron chi connectivity index (χ1n) is 0.309. The molecular formula is HCl2CrO. The third-order valence-electron chi connectivity index (χ3n) is 0. The Labute approximate surface area is 39.3 Å². The molecule has 0 atom stereocenters. The quantitative estimate of drug-likeness (QED) is 0.497. The zero-order valence-electron chi connectivity index (χ0n) is 1.61. The summed E-state index contributed by atoms with van der Waals surface area (Å²) in [7, 11) is 9.65. The number of hydrogen-bond donors (Lipinski definition) is 0. The normalized spacial score (nSPS) is 3.50. The van der Waals surface area contributed by atoms with E-state index >= 15 is 0 Å². The molecule has 0 spiro atoms. The standard InChI is InChI=1S/2ClH.Cr.H2O/h2*1H;;1H2/q;;+3;/p-3. The van der Waals surface area contributed by atoms with Crippen molar-refractivity contribution >= 4 is 20.1 Å². The third-order valence-corrected chi connectivity index (χ3v) is 0. The Balaban J connectivity index is 0. The molecule has 0 radical (unpaired) electrons. The Kier molecular flexibility index (Phi) is 19.9. The average Bonchev–Trinajstić information content (AvgIpc) is 0.918. The summed E-state index contributed by atoms with van der Waals surface area (Å²) < 4.78 is 0. The minimum Gasteiger partial charge on any atom is -0.870 e. The number of halogens is 2. The van der Waals surface area contributed by atoms with Gasteiger partial charge < -0.3 is 5.48 Å². The van der Waals surface area contributed by atoms with E-state index < -0.39 is 0 Å². The molecule has 1 N–H and O–H groups in total. The Hall–Kier alpha value is 1.07. The minimum atomic E-state index is -0.181. The van der Waals surface area contributed by atoms with Crippen LogP contribution in [0.2, 0.25) is 0 Å². The molecule has 0 saturated carbocycles. The summed E-state index contributed by atoms with van der Waals surface area (Å²) in [5.41, 5.74) is 0. The van der Waals surface area contributed by atoms with Crippen LogP contribution in [0.25, 0.3) is 0 Å². The van der Waals surface area contributed by atoms with Crippen LogP contribution in [0, 0.1) is 0 Å². The summed E-state index contributed by atoms with van der Waals surface area (Å²) in [5, 5.41) is 0. The molecule has 0 aliphatic rings. The topological polar surface area (TPSA) is 30.0 Å². The van der Waals surface area contributed by atoms with E-state index in [1.807, 2.05) is 0 Å². The molecule has 0 fully saturated rings. The largest absolute Gasteiger partial charge is 0.870 e. The van der Waals surface area contributed by atoms with E-state index in [0.29, 0.717) is 0 Å². The molecule has 0 aliphatic carbocycles. The van der Waals surface area contributed by atoms with E-state index in [2.05, 4.69) is 0 Å². The summed E-state index contributed by atoms with van der Waals surface area (Å²) in [6.07, 6.45) is 0. The SMILES string of the molecule is [Cl][Cr+][Cl].[OH-]. The second-order valence-electron chi connectivity index (χ2n) is 0.0583. The first kappa shape index (κ1) is 8.91. The van der Waals surface area contributed by atoms with Crippen molar-refractivity contribution in [2.75, 3.05) is 0 Å². The van der Waals surface area contributed by atoms with Crippen molar-refractivity contribution in [3.63, 3.8) is 0 Å². The summed E-state index contributed by atoms with van der Waals surface area (Å²) in [6.45, 7) is 0. The summed E-state index contributed by atoms with van der Waals surface area (Å²) in [4.78, 5) is 0. The van der Waals surface area contributed by atoms with Crippen LogP contribution in [-0.2, 0) is 13.4 Å². The molecule has 0 unspecified atom stereocenters. The smallest absolute Gasteiger partial charge is 0.870 e. The molecule has 0 aliphatic heterocycles. The van der Waals surface area contributed by atoms with Gasteiger partial charge in [-0.2, -0.15) is 0 Å². The maximum atomic E-state index is 4.83. The van der Waals surface area contributed by atoms with Crippen molar-refractivity contribution in [3.8, 4) is 0 Å². The second kappa shape index (κ2) is 8.95. The molecule has 0 heterocycles. The second-order valence-corrected chi connectivity index (χ2v) is 2.16. The van der Waals surface area contributed by atoms with Crippen molar-refractivity contribution < 1.29 is 18.9 Å². The number of hydrogen-bond acceptors (Lipinski definition) is 1. The zero-order chi connectivity index (χ0) is 2.71. The van der Waals surface area contributed by atoms with Crippen molar-refractivity contribution in [2.45, 2.75) is 0 Å². The van der Waals surface area contributed by atoms with Crippen molar-refractivity contribution in [1.82, 2.24) is 0 Å². The molecule has 0 aromatic rings. The van der Waals surface area contributed by atoms with E-state index in [4.69, 9.17) is 20.1 Å². The van der Waals surface area contributed by atoms with Crippen LogP contribution in [-0.4, -0.2) is 5.48 Å². The van der Waals surface area contributed by atoms with E-state index in [9.17, 15) is 0 Å². The Morgan fingerprint density at radius 1 is 1.25 bits per heavy atom. The fraction of sp³-hybridized carbons (Fsp3) is 0. The van der Waals surface area contributed by atoms with Gasteiger partial charge >= 0.3 is 33.5 Å². The van der Waals surface area contributed by atoms with E-state index in [1.165, 1.54) is 0 Å². The molecule has 4 heavy (non-hydrogen) atoms. The van der Waals surface area contributed by atoms with Crippen LogP contribution in [0.5, 0.6) is 0 Å². The molecule has 4 heteroatoms. The van der Waals surface area contributed by atoms with Crippen molar-refractivity contribution in [2.24, 2.45) is 0 Å². The first-order chi connectivity index (χ1) is 1.41. The predicted octanol–water partition coefficient (Wildman–Crippen LogP) is 1.20. The van der Waals surface area contributed by atoms with Gasteiger partial charge in [-0.3, -0.25) is 0 Å². The van der Waals surface area contributed by atoms with Crippen molar-refractivity contribution in [3.05, 3.63) is 0 Å². The van der Waals surface area contributed by atoms with E-state index in [1.54, 1.807) is 0 Å². The zero-order valence-corrected chi connectivity index (χ0v) is 4.40. The maximum Gasteiger partial charge on any atom is -0.870 e. The summed E-state index contributed by atoms with van der Waals surface area (Å²) in [5.74, 6) is 0. The van der Waals surface area contributed by atoms with Crippen LogP contribution in [0.15, 0.2) is 0 Å². The Morgan fingerprint density at radius 2 is 1.25 bits per heavy atom. The van der Waals surface area contributed by atoms with Crippen LogP contribution in [0.3, 0.4) is 0 Å². The molecule has 0 bridgehead atoms. The molecule has 0 amide bonds. The first-order valence-corrected chi connectivity index (χ1v) is 3.82. The molecule has 27 valence electrons. The third kappa shape index (κ3) is 11.5. The monoisotopic (exact) mass is 139 g/mol. The van der Waals surface area contributed by atoms with Crippen LogP contribution in [0.1, 0.15) is 0 Å². The van der Waals surface area contributed by atoms with E-state index in [0.717, 1.165) is 0 Å². The van der Waals surface area contributed by atoms with Gasteiger partial charge in [0, 0.05) is 0 Å². The van der Waals surface area contributed by atoms with Gasteiger partial charge in [0.2, 0.25) is 0 Å². The van der Waals surface area contributed by atoms with Gasteiger partial charge in [-0.25, -0.2) is 0 Å². The van der Waals surface area contributed by atoms with Crippen molar-refractivity contribution in [1.29, 1.82) is 0 Å². The van der Waals surface area contributed by atoms with Gasteiger partial charge in [-0.1, -0.05) is 0 Å². The number of rotatable bonds is 0. The van der Waals surface area contributed by atoms with Crippen LogP contribution in [0.4, 0.5) is 0 Å². The summed E-state index contributed by atoms with van der Waals surface area (Å²) >= 11 is -0.181. The molecule has 0 aromatic heterocycles. The molecule has 0 aromatic carbocycles. The Morgan fingerprint density at radius 3 is 1.25 bits per heavy atom. The van der Waals surface area contributed by atoms with Crippen LogP contribution >= 0.6 is 20.1 Å². The molecular weight excluding hydrogens is 139 g/mol. The van der Waals surface area contributed by atoms with Gasteiger partial charge in [0.1, 0.15) is 0 Å². The van der Waals surface area contributed by atoms with Crippen LogP contribution < -0.4 is 0 Å². The van der Waals surface area contributed by atoms with Gasteiger partial charge in [0.05, 0.1) is 0 Å². The van der Waals surface area contributed by atoms with E-state index in [-0.39, 0.29) is 18.9 Å².